The quantitative estimate of drug-likeness (QED) is 0.754. The molecule has 0 aliphatic carbocycles. The fourth-order valence-corrected chi connectivity index (χ4v) is 0.960. The number of hydrogen-bond acceptors (Lipinski definition) is 3. The Hall–Kier alpha value is -2.18. The van der Waals surface area contributed by atoms with Crippen molar-refractivity contribution in [1.29, 1.82) is 0 Å². The van der Waals surface area contributed by atoms with Gasteiger partial charge in [-0.15, -0.1) is 0 Å². The Balaban J connectivity index is 3.19. The van der Waals surface area contributed by atoms with E-state index in [-0.39, 0.29) is 0 Å². The molecule has 0 aliphatic heterocycles. The third kappa shape index (κ3) is 2.39. The molecule has 15 heavy (non-hydrogen) atoms. The minimum atomic E-state index is -1.25. The minimum Gasteiger partial charge on any atom is -0.410 e. The Morgan fingerprint density at radius 3 is 1.93 bits per heavy atom. The molecule has 0 unspecified atom stereocenters. The smallest absolute Gasteiger partial charge is 0.409 e. The van der Waals surface area contributed by atoms with Gasteiger partial charge in [0.15, 0.2) is 0 Å². The molecule has 0 saturated heterocycles. The lowest BCUT2D eigenvalue weighted by atomic mass is 10.2. The van der Waals surface area contributed by atoms with Gasteiger partial charge in [-0.25, -0.2) is 13.6 Å². The zero-order valence-corrected chi connectivity index (χ0v) is 7.29. The first-order valence-corrected chi connectivity index (χ1v) is 3.68. The highest BCUT2D eigenvalue weighted by molar-refractivity contribution is 5.93. The first-order chi connectivity index (χ1) is 6.91. The van der Waals surface area contributed by atoms with E-state index in [9.17, 15) is 18.4 Å². The van der Waals surface area contributed by atoms with E-state index in [0.29, 0.717) is 12.1 Å². The van der Waals surface area contributed by atoms with Gasteiger partial charge in [0.25, 0.3) is 5.91 Å². The van der Waals surface area contributed by atoms with Crippen LogP contribution in [0.5, 0.6) is 5.75 Å². The maximum Gasteiger partial charge on any atom is 0.409 e. The summed E-state index contributed by atoms with van der Waals surface area (Å²) in [6.45, 7) is 0. The summed E-state index contributed by atoms with van der Waals surface area (Å²) in [5, 5.41) is 0. The summed E-state index contributed by atoms with van der Waals surface area (Å²) in [5.41, 5.74) is 8.44. The number of benzene rings is 1. The van der Waals surface area contributed by atoms with Crippen molar-refractivity contribution in [2.45, 2.75) is 0 Å². The van der Waals surface area contributed by atoms with Crippen molar-refractivity contribution < 1.29 is 23.1 Å². The van der Waals surface area contributed by atoms with Gasteiger partial charge in [0.1, 0.15) is 22.9 Å². The molecule has 0 aromatic heterocycles. The maximum absolute atomic E-state index is 13.0. The maximum atomic E-state index is 13.0. The molecule has 0 fully saturated rings. The van der Waals surface area contributed by atoms with Gasteiger partial charge in [0.05, 0.1) is 0 Å². The topological polar surface area (TPSA) is 95.4 Å². The Kier molecular flexibility index (Phi) is 2.84. The van der Waals surface area contributed by atoms with E-state index < -0.39 is 34.9 Å². The Bertz CT molecular complexity index is 411. The van der Waals surface area contributed by atoms with Gasteiger partial charge in [-0.2, -0.15) is 0 Å². The van der Waals surface area contributed by atoms with E-state index in [4.69, 9.17) is 5.73 Å². The van der Waals surface area contributed by atoms with Gasteiger partial charge in [-0.05, 0) is 0 Å². The van der Waals surface area contributed by atoms with Crippen molar-refractivity contribution in [2.75, 3.05) is 0 Å². The number of carbonyl (C=O) groups excluding carboxylic acids is 2. The highest BCUT2D eigenvalue weighted by Gasteiger charge is 2.17. The van der Waals surface area contributed by atoms with E-state index in [1.165, 1.54) is 0 Å². The van der Waals surface area contributed by atoms with E-state index in [0.717, 1.165) is 0 Å². The molecular formula is C8H6F2N2O3. The molecule has 0 atom stereocenters. The zero-order valence-electron chi connectivity index (χ0n) is 7.29. The average molecular weight is 216 g/mol. The summed E-state index contributed by atoms with van der Waals surface area (Å²) >= 11 is 0. The molecule has 1 aromatic carbocycles. The molecule has 5 nitrogen and oxygen atoms in total. The van der Waals surface area contributed by atoms with Crippen LogP contribution in [0.1, 0.15) is 10.4 Å². The van der Waals surface area contributed by atoms with Gasteiger partial charge >= 0.3 is 6.09 Å². The van der Waals surface area contributed by atoms with Crippen molar-refractivity contribution in [3.05, 3.63) is 29.3 Å². The SMILES string of the molecule is NC(=O)Oc1cc(F)c(C(N)=O)c(F)c1. The third-order valence-electron chi connectivity index (χ3n) is 1.48. The normalized spacial score (nSPS) is 9.73. The van der Waals surface area contributed by atoms with Crippen molar-refractivity contribution in [3.8, 4) is 5.75 Å². The fourth-order valence-electron chi connectivity index (χ4n) is 0.960. The summed E-state index contributed by atoms with van der Waals surface area (Å²) in [5.74, 6) is -4.14. The standard InChI is InChI=1S/C8H6F2N2O3/c9-4-1-3(15-8(12)14)2-5(10)6(4)7(11)13/h1-2H,(H2,11,13)(H2,12,14). The average Bonchev–Trinajstić information content (AvgIpc) is 1.99. The predicted octanol–water partition coefficient (Wildman–Crippen LogP) is 0.521. The number of amides is 2. The molecular weight excluding hydrogens is 210 g/mol. The molecule has 0 radical (unpaired) electrons. The minimum absolute atomic E-state index is 0.442. The number of ether oxygens (including phenoxy) is 1. The summed E-state index contributed by atoms with van der Waals surface area (Å²) in [7, 11) is 0. The van der Waals surface area contributed by atoms with Gasteiger partial charge < -0.3 is 16.2 Å². The van der Waals surface area contributed by atoms with Crippen LogP contribution in [-0.4, -0.2) is 12.0 Å². The van der Waals surface area contributed by atoms with Crippen LogP contribution < -0.4 is 16.2 Å². The molecule has 0 saturated carbocycles. The number of rotatable bonds is 2. The number of hydrogen-bond donors (Lipinski definition) is 2. The Morgan fingerprint density at radius 2 is 1.60 bits per heavy atom. The number of nitrogens with two attached hydrogens (primary N) is 2. The lowest BCUT2D eigenvalue weighted by Gasteiger charge is -2.04. The van der Waals surface area contributed by atoms with E-state index in [1.807, 2.05) is 0 Å². The summed E-state index contributed by atoms with van der Waals surface area (Å²) < 4.78 is 30.3. The van der Waals surface area contributed by atoms with Crippen LogP contribution in [0.4, 0.5) is 13.6 Å². The summed E-state index contributed by atoms with van der Waals surface area (Å²) in [4.78, 5) is 20.9. The monoisotopic (exact) mass is 216 g/mol. The van der Waals surface area contributed by atoms with Crippen molar-refractivity contribution in [2.24, 2.45) is 11.5 Å². The fraction of sp³-hybridized carbons (Fsp3) is 0. The molecule has 0 heterocycles. The van der Waals surface area contributed by atoms with Gasteiger partial charge in [-0.1, -0.05) is 0 Å². The first-order valence-electron chi connectivity index (χ1n) is 3.68. The van der Waals surface area contributed by atoms with Crippen LogP contribution in [-0.2, 0) is 0 Å². The van der Waals surface area contributed by atoms with E-state index in [1.54, 1.807) is 0 Å². The lowest BCUT2D eigenvalue weighted by Crippen LogP contribution is -2.18. The highest BCUT2D eigenvalue weighted by Crippen LogP contribution is 2.20. The second-order valence-corrected chi connectivity index (χ2v) is 2.55. The molecule has 2 amide bonds. The Labute approximate surface area is 82.6 Å². The van der Waals surface area contributed by atoms with Crippen LogP contribution in [0, 0.1) is 11.6 Å². The largest absolute Gasteiger partial charge is 0.410 e. The lowest BCUT2D eigenvalue weighted by molar-refractivity contribution is 0.0992. The molecule has 1 rings (SSSR count). The third-order valence-corrected chi connectivity index (χ3v) is 1.48. The van der Waals surface area contributed by atoms with Crippen LogP contribution in [0.15, 0.2) is 12.1 Å². The van der Waals surface area contributed by atoms with Gasteiger partial charge in [-0.3, -0.25) is 4.79 Å². The molecule has 1 aromatic rings. The van der Waals surface area contributed by atoms with Crippen LogP contribution in [0.3, 0.4) is 0 Å². The second-order valence-electron chi connectivity index (χ2n) is 2.55. The molecule has 0 bridgehead atoms. The molecule has 4 N–H and O–H groups in total. The highest BCUT2D eigenvalue weighted by atomic mass is 19.1. The van der Waals surface area contributed by atoms with Gasteiger partial charge in [0.2, 0.25) is 0 Å². The molecule has 0 spiro atoms. The summed E-state index contributed by atoms with van der Waals surface area (Å²) in [6.07, 6.45) is -1.22. The molecule has 80 valence electrons. The van der Waals surface area contributed by atoms with E-state index >= 15 is 0 Å². The van der Waals surface area contributed by atoms with Gasteiger partial charge in [0, 0.05) is 12.1 Å². The number of primary amides is 2. The van der Waals surface area contributed by atoms with Crippen molar-refractivity contribution in [3.63, 3.8) is 0 Å². The zero-order chi connectivity index (χ0) is 11.6. The first kappa shape index (κ1) is 10.9. The predicted molar refractivity (Wildman–Crippen MR) is 45.1 cm³/mol. The summed E-state index contributed by atoms with van der Waals surface area (Å²) in [6, 6.07) is 1.27. The van der Waals surface area contributed by atoms with Crippen LogP contribution in [0.2, 0.25) is 0 Å². The van der Waals surface area contributed by atoms with Crippen molar-refractivity contribution >= 4 is 12.0 Å². The van der Waals surface area contributed by atoms with Crippen molar-refractivity contribution in [1.82, 2.24) is 0 Å². The second kappa shape index (κ2) is 3.91. The number of carbonyl (C=O) groups is 2. The van der Waals surface area contributed by atoms with Crippen LogP contribution in [0.25, 0.3) is 0 Å². The molecule has 0 aliphatic rings. The van der Waals surface area contributed by atoms with E-state index in [2.05, 4.69) is 10.5 Å². The Morgan fingerprint density at radius 1 is 1.13 bits per heavy atom. The van der Waals surface area contributed by atoms with Crippen LogP contribution >= 0.6 is 0 Å². The number of halogens is 2. The molecule has 7 heteroatoms.